The predicted octanol–water partition coefficient (Wildman–Crippen LogP) is 2.95. The highest BCUT2D eigenvalue weighted by Gasteiger charge is 2.09. The van der Waals surface area contributed by atoms with Crippen LogP contribution in [0.1, 0.15) is 33.1 Å². The number of hydrogen-bond acceptors (Lipinski definition) is 1. The lowest BCUT2D eigenvalue weighted by Crippen LogP contribution is -2.24. The molecule has 0 bridgehead atoms. The first-order valence-electron chi connectivity index (χ1n) is 4.93. The topological polar surface area (TPSA) is 29.1 Å². The van der Waals surface area contributed by atoms with Crippen LogP contribution in [0.5, 0.6) is 0 Å². The molecular formula is C11H16ClNO. The van der Waals surface area contributed by atoms with Gasteiger partial charge in [0.2, 0.25) is 5.91 Å². The minimum atomic E-state index is 0.0951. The van der Waals surface area contributed by atoms with Gasteiger partial charge in [0.15, 0.2) is 0 Å². The third-order valence-electron chi connectivity index (χ3n) is 1.99. The molecule has 0 radical (unpaired) electrons. The molecule has 3 heteroatoms. The monoisotopic (exact) mass is 213 g/mol. The van der Waals surface area contributed by atoms with Gasteiger partial charge in [-0.25, -0.2) is 0 Å². The van der Waals surface area contributed by atoms with Crippen LogP contribution in [0, 0.1) is 5.92 Å². The summed E-state index contributed by atoms with van der Waals surface area (Å²) in [5.74, 6) is 0.496. The second-order valence-corrected chi connectivity index (χ2v) is 4.44. The van der Waals surface area contributed by atoms with Crippen molar-refractivity contribution >= 4 is 17.5 Å². The number of nitrogens with one attached hydrogen (secondary N) is 1. The molecule has 0 spiro atoms. The van der Waals surface area contributed by atoms with E-state index in [1.54, 1.807) is 0 Å². The Labute approximate surface area is 90.0 Å². The van der Waals surface area contributed by atoms with E-state index in [1.165, 1.54) is 0 Å². The Bertz CT molecular complexity index is 279. The van der Waals surface area contributed by atoms with Crippen molar-refractivity contribution in [3.8, 4) is 0 Å². The number of amides is 1. The second-order valence-electron chi connectivity index (χ2n) is 3.95. The van der Waals surface area contributed by atoms with Crippen molar-refractivity contribution in [2.24, 2.45) is 5.92 Å². The molecule has 0 saturated heterocycles. The third kappa shape index (κ3) is 3.97. The van der Waals surface area contributed by atoms with Crippen LogP contribution >= 0.6 is 11.6 Å². The molecule has 14 heavy (non-hydrogen) atoms. The fourth-order valence-corrected chi connectivity index (χ4v) is 1.47. The van der Waals surface area contributed by atoms with Gasteiger partial charge in [0, 0.05) is 17.2 Å². The number of rotatable bonds is 3. The molecule has 0 aromatic carbocycles. The molecule has 1 N–H and O–H groups in total. The molecule has 0 aromatic rings. The first-order chi connectivity index (χ1) is 6.58. The number of allylic oxidation sites excluding steroid dienone is 4. The molecule has 1 amide bonds. The Kier molecular flexibility index (Phi) is 4.21. The average Bonchev–Trinajstić information content (AvgIpc) is 2.07. The maximum absolute atomic E-state index is 11.4. The summed E-state index contributed by atoms with van der Waals surface area (Å²) in [5, 5.41) is 3.74. The normalized spacial score (nSPS) is 16.3. The Morgan fingerprint density at radius 1 is 1.50 bits per heavy atom. The van der Waals surface area contributed by atoms with E-state index in [-0.39, 0.29) is 5.91 Å². The smallest absolute Gasteiger partial charge is 0.224 e. The van der Waals surface area contributed by atoms with Crippen LogP contribution in [-0.4, -0.2) is 5.91 Å². The number of carbonyl (C=O) groups is 1. The molecule has 0 fully saturated rings. The Morgan fingerprint density at radius 3 is 2.71 bits per heavy atom. The van der Waals surface area contributed by atoms with Gasteiger partial charge in [0.05, 0.1) is 0 Å². The fraction of sp³-hybridized carbons (Fsp3) is 0.545. The van der Waals surface area contributed by atoms with Crippen LogP contribution in [0.15, 0.2) is 22.9 Å². The molecule has 1 rings (SSSR count). The highest BCUT2D eigenvalue weighted by atomic mass is 35.5. The van der Waals surface area contributed by atoms with Gasteiger partial charge >= 0.3 is 0 Å². The lowest BCUT2D eigenvalue weighted by Gasteiger charge is -2.13. The van der Waals surface area contributed by atoms with Crippen molar-refractivity contribution in [2.75, 3.05) is 0 Å². The summed E-state index contributed by atoms with van der Waals surface area (Å²) < 4.78 is 0. The van der Waals surface area contributed by atoms with Crippen LogP contribution in [-0.2, 0) is 4.79 Å². The summed E-state index contributed by atoms with van der Waals surface area (Å²) in [4.78, 5) is 11.4. The summed E-state index contributed by atoms with van der Waals surface area (Å²) in [7, 11) is 0. The van der Waals surface area contributed by atoms with Crippen molar-refractivity contribution in [1.82, 2.24) is 5.32 Å². The first-order valence-corrected chi connectivity index (χ1v) is 5.31. The molecule has 0 saturated carbocycles. The van der Waals surface area contributed by atoms with Crippen molar-refractivity contribution in [3.63, 3.8) is 0 Å². The van der Waals surface area contributed by atoms with Gasteiger partial charge in [0.1, 0.15) is 0 Å². The van der Waals surface area contributed by atoms with E-state index in [1.807, 2.05) is 26.0 Å². The number of carbonyl (C=O) groups excluding carboxylic acids is 1. The van der Waals surface area contributed by atoms with Gasteiger partial charge in [-0.3, -0.25) is 4.79 Å². The van der Waals surface area contributed by atoms with Crippen molar-refractivity contribution in [1.29, 1.82) is 0 Å². The van der Waals surface area contributed by atoms with Crippen LogP contribution < -0.4 is 5.32 Å². The van der Waals surface area contributed by atoms with Crippen LogP contribution in [0.3, 0.4) is 0 Å². The van der Waals surface area contributed by atoms with Crippen LogP contribution in [0.25, 0.3) is 0 Å². The average molecular weight is 214 g/mol. The predicted molar refractivity (Wildman–Crippen MR) is 58.9 cm³/mol. The van der Waals surface area contributed by atoms with Gasteiger partial charge in [-0.15, -0.1) is 0 Å². The molecular weight excluding hydrogens is 198 g/mol. The molecule has 0 aliphatic heterocycles. The lowest BCUT2D eigenvalue weighted by atomic mass is 10.1. The molecule has 1 aliphatic rings. The first kappa shape index (κ1) is 11.3. The summed E-state index contributed by atoms with van der Waals surface area (Å²) in [6.45, 7) is 4.07. The second kappa shape index (κ2) is 5.20. The quantitative estimate of drug-likeness (QED) is 0.768. The molecule has 78 valence electrons. The zero-order valence-corrected chi connectivity index (χ0v) is 9.40. The van der Waals surface area contributed by atoms with Crippen molar-refractivity contribution in [2.45, 2.75) is 33.1 Å². The third-order valence-corrected chi connectivity index (χ3v) is 2.31. The van der Waals surface area contributed by atoms with Gasteiger partial charge in [-0.1, -0.05) is 25.4 Å². The minimum Gasteiger partial charge on any atom is -0.330 e. The van der Waals surface area contributed by atoms with Gasteiger partial charge < -0.3 is 5.32 Å². The zero-order chi connectivity index (χ0) is 10.6. The zero-order valence-electron chi connectivity index (χ0n) is 8.64. The SMILES string of the molecule is CC(C)CC(=O)NC1=CC=C(Cl)CC1. The largest absolute Gasteiger partial charge is 0.330 e. The molecule has 2 nitrogen and oxygen atoms in total. The van der Waals surface area contributed by atoms with Gasteiger partial charge in [0.25, 0.3) is 0 Å². The Hall–Kier alpha value is -0.760. The maximum atomic E-state index is 11.4. The maximum Gasteiger partial charge on any atom is 0.224 e. The lowest BCUT2D eigenvalue weighted by molar-refractivity contribution is -0.121. The molecule has 0 unspecified atom stereocenters. The fourth-order valence-electron chi connectivity index (χ4n) is 1.32. The van der Waals surface area contributed by atoms with E-state index in [2.05, 4.69) is 5.32 Å². The highest BCUT2D eigenvalue weighted by molar-refractivity contribution is 6.29. The van der Waals surface area contributed by atoms with E-state index >= 15 is 0 Å². The summed E-state index contributed by atoms with van der Waals surface area (Å²) >= 11 is 5.81. The molecule has 0 aromatic heterocycles. The van der Waals surface area contributed by atoms with Gasteiger partial charge in [-0.2, -0.15) is 0 Å². The molecule has 0 heterocycles. The minimum absolute atomic E-state index is 0.0951. The standard InChI is InChI=1S/C11H16ClNO/c1-8(2)7-11(14)13-10-5-3-9(12)4-6-10/h3,5,8H,4,6-7H2,1-2H3,(H,13,14). The van der Waals surface area contributed by atoms with E-state index in [0.717, 1.165) is 23.6 Å². The summed E-state index contributed by atoms with van der Waals surface area (Å²) in [6.07, 6.45) is 5.96. The van der Waals surface area contributed by atoms with Crippen molar-refractivity contribution < 1.29 is 4.79 Å². The Morgan fingerprint density at radius 2 is 2.21 bits per heavy atom. The van der Waals surface area contributed by atoms with Crippen molar-refractivity contribution in [3.05, 3.63) is 22.9 Å². The Balaban J connectivity index is 2.41. The van der Waals surface area contributed by atoms with E-state index in [0.29, 0.717) is 12.3 Å². The summed E-state index contributed by atoms with van der Waals surface area (Å²) in [5.41, 5.74) is 0.972. The molecule has 1 aliphatic carbocycles. The van der Waals surface area contributed by atoms with Crippen LogP contribution in [0.2, 0.25) is 0 Å². The number of halogens is 1. The highest BCUT2D eigenvalue weighted by Crippen LogP contribution is 2.19. The number of hydrogen-bond donors (Lipinski definition) is 1. The van der Waals surface area contributed by atoms with E-state index < -0.39 is 0 Å². The van der Waals surface area contributed by atoms with Gasteiger partial charge in [-0.05, 0) is 30.9 Å². The summed E-state index contributed by atoms with van der Waals surface area (Å²) in [6, 6.07) is 0. The van der Waals surface area contributed by atoms with E-state index in [9.17, 15) is 4.79 Å². The van der Waals surface area contributed by atoms with E-state index in [4.69, 9.17) is 11.6 Å². The van der Waals surface area contributed by atoms with Crippen LogP contribution in [0.4, 0.5) is 0 Å². The molecule has 0 atom stereocenters.